The van der Waals surface area contributed by atoms with Crippen molar-refractivity contribution in [1.29, 1.82) is 0 Å². The smallest absolute Gasteiger partial charge is 0.423 e. The Hall–Kier alpha value is -2.78. The van der Waals surface area contributed by atoms with E-state index in [0.717, 1.165) is 24.3 Å². The molecule has 0 atom stereocenters. The van der Waals surface area contributed by atoms with Crippen molar-refractivity contribution in [3.63, 3.8) is 0 Å². The molecule has 2 rings (SSSR count). The summed E-state index contributed by atoms with van der Waals surface area (Å²) in [6, 6.07) is 8.38. The Morgan fingerprint density at radius 1 is 1.23 bits per heavy atom. The number of nitrogens with zero attached hydrogens (tertiary/aromatic N) is 1. The predicted molar refractivity (Wildman–Crippen MR) is 77.3 cm³/mol. The Morgan fingerprint density at radius 3 is 2.50 bits per heavy atom. The highest BCUT2D eigenvalue weighted by molar-refractivity contribution is 6.58. The molecule has 0 saturated heterocycles. The Kier molecular flexibility index (Phi) is 4.49. The van der Waals surface area contributed by atoms with E-state index in [2.05, 4.69) is 5.32 Å². The minimum Gasteiger partial charge on any atom is -0.423 e. The molecule has 2 aromatic rings. The average Bonchev–Trinajstić information content (AvgIpc) is 2.47. The standard InChI is InChI=1S/C13H10BFN2O5/c15-12-4-2-1-3-11(12)13(18)16-9-5-8(14(19)20)6-10(7-9)17(21)22/h1-7,19-20H,(H,16,18). The maximum Gasteiger partial charge on any atom is 0.488 e. The van der Waals surface area contributed by atoms with E-state index in [0.29, 0.717) is 0 Å². The Bertz CT molecular complexity index is 738. The van der Waals surface area contributed by atoms with E-state index >= 15 is 0 Å². The summed E-state index contributed by atoms with van der Waals surface area (Å²) in [6.45, 7) is 0. The van der Waals surface area contributed by atoms with Gasteiger partial charge in [-0.3, -0.25) is 14.9 Å². The summed E-state index contributed by atoms with van der Waals surface area (Å²) in [5, 5.41) is 31.3. The number of non-ortho nitro benzene ring substituents is 1. The van der Waals surface area contributed by atoms with E-state index in [9.17, 15) is 19.3 Å². The van der Waals surface area contributed by atoms with Gasteiger partial charge in [0.2, 0.25) is 0 Å². The number of hydrogen-bond acceptors (Lipinski definition) is 5. The summed E-state index contributed by atoms with van der Waals surface area (Å²) in [5.74, 6) is -1.55. The van der Waals surface area contributed by atoms with Crippen molar-refractivity contribution in [2.45, 2.75) is 0 Å². The number of rotatable bonds is 4. The van der Waals surface area contributed by atoms with Crippen LogP contribution >= 0.6 is 0 Å². The molecule has 9 heteroatoms. The fourth-order valence-corrected chi connectivity index (χ4v) is 1.81. The lowest BCUT2D eigenvalue weighted by Gasteiger charge is -2.08. The summed E-state index contributed by atoms with van der Waals surface area (Å²) in [5.41, 5.74) is -0.891. The van der Waals surface area contributed by atoms with Crippen LogP contribution in [0.1, 0.15) is 10.4 Å². The highest BCUT2D eigenvalue weighted by Gasteiger charge is 2.19. The number of nitro groups is 1. The van der Waals surface area contributed by atoms with Crippen LogP contribution in [0.4, 0.5) is 15.8 Å². The van der Waals surface area contributed by atoms with Gasteiger partial charge in [-0.05, 0) is 23.7 Å². The van der Waals surface area contributed by atoms with Gasteiger partial charge in [0, 0.05) is 17.8 Å². The minimum atomic E-state index is -1.94. The molecule has 0 radical (unpaired) electrons. The maximum absolute atomic E-state index is 13.5. The molecule has 0 aliphatic heterocycles. The molecule has 0 fully saturated rings. The first kappa shape index (κ1) is 15.6. The van der Waals surface area contributed by atoms with Gasteiger partial charge in [0.05, 0.1) is 10.5 Å². The summed E-state index contributed by atoms with van der Waals surface area (Å²) < 4.78 is 13.5. The van der Waals surface area contributed by atoms with Crippen molar-refractivity contribution < 1.29 is 24.2 Å². The zero-order chi connectivity index (χ0) is 16.3. The number of nitro benzene ring substituents is 1. The van der Waals surface area contributed by atoms with Gasteiger partial charge >= 0.3 is 7.12 Å². The molecule has 0 spiro atoms. The van der Waals surface area contributed by atoms with Crippen LogP contribution in [0.3, 0.4) is 0 Å². The minimum absolute atomic E-state index is 0.0504. The van der Waals surface area contributed by atoms with Crippen LogP contribution in [0, 0.1) is 15.9 Å². The molecule has 0 unspecified atom stereocenters. The fraction of sp³-hybridized carbons (Fsp3) is 0. The van der Waals surface area contributed by atoms with Gasteiger partial charge in [0.1, 0.15) is 5.82 Å². The molecule has 0 bridgehead atoms. The highest BCUT2D eigenvalue weighted by Crippen LogP contribution is 2.17. The molecule has 22 heavy (non-hydrogen) atoms. The van der Waals surface area contributed by atoms with Gasteiger partial charge in [-0.2, -0.15) is 0 Å². The number of amides is 1. The second kappa shape index (κ2) is 6.33. The normalized spacial score (nSPS) is 10.1. The van der Waals surface area contributed by atoms with Crippen molar-refractivity contribution in [3.8, 4) is 0 Å². The monoisotopic (exact) mass is 304 g/mol. The predicted octanol–water partition coefficient (Wildman–Crippen LogP) is 0.666. The largest absolute Gasteiger partial charge is 0.488 e. The molecule has 0 heterocycles. The third kappa shape index (κ3) is 3.46. The number of nitrogens with one attached hydrogen (secondary N) is 1. The summed E-state index contributed by atoms with van der Waals surface area (Å²) >= 11 is 0. The van der Waals surface area contributed by atoms with Gasteiger partial charge in [0.25, 0.3) is 11.6 Å². The maximum atomic E-state index is 13.5. The third-order valence-corrected chi connectivity index (χ3v) is 2.83. The molecule has 112 valence electrons. The Morgan fingerprint density at radius 2 is 1.91 bits per heavy atom. The van der Waals surface area contributed by atoms with E-state index in [1.54, 1.807) is 0 Å². The second-order valence-corrected chi connectivity index (χ2v) is 4.38. The molecule has 0 aromatic heterocycles. The van der Waals surface area contributed by atoms with Crippen LogP contribution in [0.25, 0.3) is 0 Å². The zero-order valence-electron chi connectivity index (χ0n) is 11.1. The van der Waals surface area contributed by atoms with Gasteiger partial charge in [-0.25, -0.2) is 4.39 Å². The van der Waals surface area contributed by atoms with E-state index in [-0.39, 0.29) is 16.7 Å². The lowest BCUT2D eigenvalue weighted by Crippen LogP contribution is -2.30. The summed E-state index contributed by atoms with van der Waals surface area (Å²) in [4.78, 5) is 22.0. The van der Waals surface area contributed by atoms with Gasteiger partial charge in [-0.1, -0.05) is 12.1 Å². The van der Waals surface area contributed by atoms with Crippen molar-refractivity contribution in [1.82, 2.24) is 0 Å². The molecule has 1 amide bonds. The third-order valence-electron chi connectivity index (χ3n) is 2.83. The average molecular weight is 304 g/mol. The Labute approximate surface area is 124 Å². The Balaban J connectivity index is 2.35. The zero-order valence-corrected chi connectivity index (χ0v) is 11.1. The lowest BCUT2D eigenvalue weighted by atomic mass is 9.80. The second-order valence-electron chi connectivity index (χ2n) is 4.38. The molecule has 0 aliphatic rings. The number of hydrogen-bond donors (Lipinski definition) is 3. The first-order valence-corrected chi connectivity index (χ1v) is 6.10. The van der Waals surface area contributed by atoms with Gasteiger partial charge < -0.3 is 15.4 Å². The highest BCUT2D eigenvalue weighted by atomic mass is 19.1. The van der Waals surface area contributed by atoms with E-state index in [1.165, 1.54) is 18.2 Å². The van der Waals surface area contributed by atoms with E-state index < -0.39 is 29.5 Å². The van der Waals surface area contributed by atoms with Gasteiger partial charge in [-0.15, -0.1) is 0 Å². The first-order chi connectivity index (χ1) is 10.4. The van der Waals surface area contributed by atoms with E-state index in [1.807, 2.05) is 0 Å². The lowest BCUT2D eigenvalue weighted by molar-refractivity contribution is -0.384. The van der Waals surface area contributed by atoms with Crippen LogP contribution in [-0.2, 0) is 0 Å². The number of anilines is 1. The number of benzene rings is 2. The first-order valence-electron chi connectivity index (χ1n) is 6.10. The molecule has 0 saturated carbocycles. The fourth-order valence-electron chi connectivity index (χ4n) is 1.81. The number of halogens is 1. The van der Waals surface area contributed by atoms with Crippen molar-refractivity contribution in [2.24, 2.45) is 0 Å². The summed E-state index contributed by atoms with van der Waals surface area (Å²) in [6.07, 6.45) is 0. The van der Waals surface area contributed by atoms with Gasteiger partial charge in [0.15, 0.2) is 0 Å². The molecule has 7 nitrogen and oxygen atoms in total. The number of carbonyl (C=O) groups excluding carboxylic acids is 1. The quantitative estimate of drug-likeness (QED) is 0.436. The molecular weight excluding hydrogens is 294 g/mol. The van der Waals surface area contributed by atoms with Crippen molar-refractivity contribution in [2.75, 3.05) is 5.32 Å². The number of carbonyl (C=O) groups is 1. The molecule has 3 N–H and O–H groups in total. The van der Waals surface area contributed by atoms with Crippen molar-refractivity contribution >= 4 is 29.9 Å². The molecule has 2 aromatic carbocycles. The molecular formula is C13H10BFN2O5. The van der Waals surface area contributed by atoms with Crippen LogP contribution in [0.5, 0.6) is 0 Å². The SMILES string of the molecule is O=C(Nc1cc(B(O)O)cc([N+](=O)[O-])c1)c1ccccc1F. The molecule has 0 aliphatic carbocycles. The van der Waals surface area contributed by atoms with Crippen LogP contribution in [0.2, 0.25) is 0 Å². The van der Waals surface area contributed by atoms with Crippen LogP contribution in [0.15, 0.2) is 42.5 Å². The van der Waals surface area contributed by atoms with Crippen molar-refractivity contribution in [3.05, 3.63) is 64.0 Å². The van der Waals surface area contributed by atoms with E-state index in [4.69, 9.17) is 10.0 Å². The van der Waals surface area contributed by atoms with Crippen LogP contribution < -0.4 is 10.8 Å². The summed E-state index contributed by atoms with van der Waals surface area (Å²) in [7, 11) is -1.94. The van der Waals surface area contributed by atoms with Crippen LogP contribution in [-0.4, -0.2) is 28.0 Å². The topological polar surface area (TPSA) is 113 Å².